The molecule has 0 bridgehead atoms. The van der Waals surface area contributed by atoms with E-state index in [0.717, 1.165) is 4.47 Å². The van der Waals surface area contributed by atoms with Gasteiger partial charge in [-0.15, -0.1) is 0 Å². The molecule has 0 aliphatic carbocycles. The highest BCUT2D eigenvalue weighted by atomic mass is 79.9. The fraction of sp³-hybridized carbons (Fsp3) is 0.600. The predicted octanol–water partition coefficient (Wildman–Crippen LogP) is 2.29. The van der Waals surface area contributed by atoms with Crippen molar-refractivity contribution >= 4 is 15.9 Å². The Hall–Kier alpha value is -0.660. The third-order valence-electron chi connectivity index (χ3n) is 2.83. The monoisotopic (exact) mass is 362 g/mol. The number of hydrogen-bond acceptors (Lipinski definition) is 5. The van der Waals surface area contributed by atoms with Gasteiger partial charge in [-0.1, -0.05) is 22.0 Å². The molecule has 0 amide bonds. The summed E-state index contributed by atoms with van der Waals surface area (Å²) in [7, 11) is 1.60. The summed E-state index contributed by atoms with van der Waals surface area (Å²) in [5.74, 6) is 0.545. The van der Waals surface area contributed by atoms with Crippen LogP contribution in [0.2, 0.25) is 0 Å². The Kier molecular flexibility index (Phi) is 8.21. The Labute approximate surface area is 134 Å². The van der Waals surface area contributed by atoms with E-state index >= 15 is 0 Å². The maximum atomic E-state index is 9.86. The van der Waals surface area contributed by atoms with Gasteiger partial charge in [0.25, 0.3) is 0 Å². The minimum atomic E-state index is -0.745. The van der Waals surface area contributed by atoms with Crippen molar-refractivity contribution in [2.24, 2.45) is 0 Å². The third kappa shape index (κ3) is 6.76. The summed E-state index contributed by atoms with van der Waals surface area (Å²) in [5.41, 5.74) is 0.680. The average molecular weight is 363 g/mol. The molecule has 0 saturated carbocycles. The standard InChI is InChI=1S/C15H23BrO5/c1-10(7-19-3)20-8-13(18)9-21-15-6-12(16)4-5-14(15)11(2)17/h4-6,10-11,13,17-18H,7-9H2,1-3H3/t10?,11-,13?/m0/s1. The van der Waals surface area contributed by atoms with E-state index in [1.807, 2.05) is 13.0 Å². The summed E-state index contributed by atoms with van der Waals surface area (Å²) in [6.07, 6.45) is -1.46. The first kappa shape index (κ1) is 18.4. The summed E-state index contributed by atoms with van der Waals surface area (Å²) >= 11 is 3.36. The van der Waals surface area contributed by atoms with Gasteiger partial charge in [0.05, 0.1) is 25.4 Å². The van der Waals surface area contributed by atoms with Crippen molar-refractivity contribution in [2.45, 2.75) is 32.2 Å². The molecule has 3 atom stereocenters. The van der Waals surface area contributed by atoms with Crippen LogP contribution in [0.5, 0.6) is 5.75 Å². The molecule has 0 aliphatic heterocycles. The number of rotatable bonds is 9. The van der Waals surface area contributed by atoms with Crippen molar-refractivity contribution in [1.29, 1.82) is 0 Å². The molecular formula is C15H23BrO5. The second kappa shape index (κ2) is 9.38. The van der Waals surface area contributed by atoms with Crippen LogP contribution in [-0.4, -0.2) is 49.4 Å². The van der Waals surface area contributed by atoms with Crippen molar-refractivity contribution in [1.82, 2.24) is 0 Å². The van der Waals surface area contributed by atoms with E-state index in [4.69, 9.17) is 14.2 Å². The highest BCUT2D eigenvalue weighted by Crippen LogP contribution is 2.28. The molecule has 21 heavy (non-hydrogen) atoms. The summed E-state index contributed by atoms with van der Waals surface area (Å²) in [6.45, 7) is 4.28. The van der Waals surface area contributed by atoms with Crippen molar-refractivity contribution in [3.63, 3.8) is 0 Å². The summed E-state index contributed by atoms with van der Waals surface area (Å²) in [5, 5.41) is 19.6. The molecule has 2 unspecified atom stereocenters. The molecule has 0 radical (unpaired) electrons. The lowest BCUT2D eigenvalue weighted by Gasteiger charge is -2.18. The largest absolute Gasteiger partial charge is 0.490 e. The topological polar surface area (TPSA) is 68.2 Å². The van der Waals surface area contributed by atoms with Gasteiger partial charge in [-0.25, -0.2) is 0 Å². The number of ether oxygens (including phenoxy) is 3. The molecule has 2 N–H and O–H groups in total. The molecule has 0 aromatic heterocycles. The maximum absolute atomic E-state index is 9.86. The van der Waals surface area contributed by atoms with Gasteiger partial charge >= 0.3 is 0 Å². The van der Waals surface area contributed by atoms with E-state index in [-0.39, 0.29) is 19.3 Å². The van der Waals surface area contributed by atoms with Crippen LogP contribution < -0.4 is 4.74 Å². The molecule has 0 spiro atoms. The van der Waals surface area contributed by atoms with Crippen LogP contribution in [0.4, 0.5) is 0 Å². The molecular weight excluding hydrogens is 340 g/mol. The van der Waals surface area contributed by atoms with Crippen LogP contribution >= 0.6 is 15.9 Å². The normalized spacial score (nSPS) is 15.5. The zero-order valence-electron chi connectivity index (χ0n) is 12.6. The molecule has 1 rings (SSSR count). The van der Waals surface area contributed by atoms with Crippen LogP contribution in [0, 0.1) is 0 Å². The molecule has 0 fully saturated rings. The van der Waals surface area contributed by atoms with Crippen molar-refractivity contribution in [3.05, 3.63) is 28.2 Å². The van der Waals surface area contributed by atoms with Crippen LogP contribution in [0.15, 0.2) is 22.7 Å². The Balaban J connectivity index is 2.49. The zero-order chi connectivity index (χ0) is 15.8. The van der Waals surface area contributed by atoms with E-state index in [2.05, 4.69) is 15.9 Å². The number of methoxy groups -OCH3 is 1. The molecule has 120 valence electrons. The van der Waals surface area contributed by atoms with Crippen LogP contribution in [0.1, 0.15) is 25.5 Å². The number of benzene rings is 1. The van der Waals surface area contributed by atoms with Gasteiger partial charge in [0.2, 0.25) is 0 Å². The summed E-state index contributed by atoms with van der Waals surface area (Å²) in [4.78, 5) is 0. The number of halogens is 1. The Bertz CT molecular complexity index is 425. The zero-order valence-corrected chi connectivity index (χ0v) is 14.2. The van der Waals surface area contributed by atoms with Crippen LogP contribution in [0.25, 0.3) is 0 Å². The smallest absolute Gasteiger partial charge is 0.126 e. The first-order chi connectivity index (χ1) is 9.93. The van der Waals surface area contributed by atoms with Gasteiger partial charge in [0.15, 0.2) is 0 Å². The summed E-state index contributed by atoms with van der Waals surface area (Å²) in [6, 6.07) is 5.39. The van der Waals surface area contributed by atoms with Gasteiger partial charge in [-0.2, -0.15) is 0 Å². The molecule has 5 nitrogen and oxygen atoms in total. The second-order valence-corrected chi connectivity index (χ2v) is 5.84. The van der Waals surface area contributed by atoms with Crippen LogP contribution in [0.3, 0.4) is 0 Å². The SMILES string of the molecule is COCC(C)OCC(O)COc1cc(Br)ccc1[C@H](C)O. The quantitative estimate of drug-likeness (QED) is 0.705. The predicted molar refractivity (Wildman–Crippen MR) is 83.6 cm³/mol. The first-order valence-corrected chi connectivity index (χ1v) is 7.62. The molecule has 0 heterocycles. The highest BCUT2D eigenvalue weighted by Gasteiger charge is 2.13. The van der Waals surface area contributed by atoms with Gasteiger partial charge in [0.1, 0.15) is 18.5 Å². The van der Waals surface area contributed by atoms with E-state index in [9.17, 15) is 10.2 Å². The maximum Gasteiger partial charge on any atom is 0.126 e. The van der Waals surface area contributed by atoms with Crippen molar-refractivity contribution < 1.29 is 24.4 Å². The van der Waals surface area contributed by atoms with E-state index in [0.29, 0.717) is 17.9 Å². The Morgan fingerprint density at radius 2 is 1.86 bits per heavy atom. The number of aliphatic hydroxyl groups excluding tert-OH is 2. The fourth-order valence-electron chi connectivity index (χ4n) is 1.77. The van der Waals surface area contributed by atoms with Gasteiger partial charge in [0, 0.05) is 17.1 Å². The lowest BCUT2D eigenvalue weighted by Crippen LogP contribution is -2.27. The van der Waals surface area contributed by atoms with Gasteiger partial charge < -0.3 is 24.4 Å². The van der Waals surface area contributed by atoms with Gasteiger partial charge in [-0.3, -0.25) is 0 Å². The number of hydrogen-bond donors (Lipinski definition) is 2. The number of aliphatic hydroxyl groups is 2. The molecule has 1 aromatic rings. The Morgan fingerprint density at radius 3 is 2.48 bits per heavy atom. The lowest BCUT2D eigenvalue weighted by molar-refractivity contribution is -0.0425. The first-order valence-electron chi connectivity index (χ1n) is 6.83. The third-order valence-corrected chi connectivity index (χ3v) is 3.32. The minimum Gasteiger partial charge on any atom is -0.490 e. The molecule has 1 aromatic carbocycles. The second-order valence-electron chi connectivity index (χ2n) is 4.92. The molecule has 6 heteroatoms. The van der Waals surface area contributed by atoms with Crippen molar-refractivity contribution in [3.8, 4) is 5.75 Å². The van der Waals surface area contributed by atoms with E-state index in [1.54, 1.807) is 26.2 Å². The fourth-order valence-corrected chi connectivity index (χ4v) is 2.11. The lowest BCUT2D eigenvalue weighted by atomic mass is 10.1. The van der Waals surface area contributed by atoms with Crippen molar-refractivity contribution in [2.75, 3.05) is 26.9 Å². The van der Waals surface area contributed by atoms with E-state index in [1.165, 1.54) is 0 Å². The van der Waals surface area contributed by atoms with Crippen LogP contribution in [-0.2, 0) is 9.47 Å². The molecule has 0 saturated heterocycles. The highest BCUT2D eigenvalue weighted by molar-refractivity contribution is 9.10. The van der Waals surface area contributed by atoms with Gasteiger partial charge in [-0.05, 0) is 26.0 Å². The summed E-state index contributed by atoms with van der Waals surface area (Å²) < 4.78 is 16.8. The Morgan fingerprint density at radius 1 is 1.14 bits per heavy atom. The minimum absolute atomic E-state index is 0.0801. The molecule has 0 aliphatic rings. The van der Waals surface area contributed by atoms with E-state index < -0.39 is 12.2 Å². The average Bonchev–Trinajstić information content (AvgIpc) is 2.43.